The summed E-state index contributed by atoms with van der Waals surface area (Å²) < 4.78 is 13.2. The van der Waals surface area contributed by atoms with Crippen LogP contribution in [0.25, 0.3) is 22.5 Å². The number of benzene rings is 2. The monoisotopic (exact) mass is 514 g/mol. The molecule has 172 valence electrons. The van der Waals surface area contributed by atoms with Gasteiger partial charge in [0.25, 0.3) is 0 Å². The van der Waals surface area contributed by atoms with E-state index in [4.69, 9.17) is 9.31 Å². The summed E-state index contributed by atoms with van der Waals surface area (Å²) in [6.45, 7) is 8.25. The van der Waals surface area contributed by atoms with E-state index < -0.39 is 0 Å². The third-order valence-corrected chi connectivity index (χ3v) is 6.66. The van der Waals surface area contributed by atoms with E-state index in [0.29, 0.717) is 0 Å². The molecule has 1 aliphatic rings. The summed E-state index contributed by atoms with van der Waals surface area (Å²) in [6, 6.07) is 28.2. The van der Waals surface area contributed by atoms with Gasteiger partial charge in [-0.25, -0.2) is 0 Å². The minimum atomic E-state index is -0.347. The second-order valence-electron chi connectivity index (χ2n) is 9.15. The van der Waals surface area contributed by atoms with Crippen LogP contribution in [-0.2, 0) is 9.31 Å². The number of halogens is 1. The summed E-state index contributed by atoms with van der Waals surface area (Å²) in [7, 11) is -0.347. The highest BCUT2D eigenvalue weighted by atomic mass is 79.9. The molecule has 1 saturated heterocycles. The Labute approximate surface area is 210 Å². The molecule has 2 aromatic heterocycles. The highest BCUT2D eigenvalue weighted by Gasteiger charge is 2.51. The highest BCUT2D eigenvalue weighted by Crippen LogP contribution is 2.36. The lowest BCUT2D eigenvalue weighted by Crippen LogP contribution is -2.41. The molecule has 0 amide bonds. The molecule has 2 aromatic carbocycles. The first kappa shape index (κ1) is 24.3. The maximum absolute atomic E-state index is 6.09. The van der Waals surface area contributed by atoms with Gasteiger partial charge >= 0.3 is 7.12 Å². The van der Waals surface area contributed by atoms with Crippen LogP contribution in [0.4, 0.5) is 0 Å². The first-order valence-electron chi connectivity index (χ1n) is 11.3. The van der Waals surface area contributed by atoms with Crippen molar-refractivity contribution in [2.45, 2.75) is 38.9 Å². The number of aromatic nitrogens is 2. The Hall–Kier alpha value is -2.80. The molecular weight excluding hydrogens is 487 g/mol. The van der Waals surface area contributed by atoms with Crippen molar-refractivity contribution in [3.05, 3.63) is 102 Å². The van der Waals surface area contributed by atoms with Crippen molar-refractivity contribution in [3.63, 3.8) is 0 Å². The number of pyridine rings is 2. The average molecular weight is 515 g/mol. The molecular formula is C28H28BBrN2O2. The van der Waals surface area contributed by atoms with Crippen molar-refractivity contribution in [2.75, 3.05) is 0 Å². The van der Waals surface area contributed by atoms with Gasteiger partial charge in [0.1, 0.15) is 0 Å². The lowest BCUT2D eigenvalue weighted by Gasteiger charge is -2.32. The van der Waals surface area contributed by atoms with Gasteiger partial charge in [-0.3, -0.25) is 9.97 Å². The Kier molecular flexibility index (Phi) is 7.32. The molecule has 6 heteroatoms. The van der Waals surface area contributed by atoms with Crippen molar-refractivity contribution in [1.29, 1.82) is 0 Å². The van der Waals surface area contributed by atoms with Crippen LogP contribution >= 0.6 is 15.9 Å². The normalized spacial score (nSPS) is 16.0. The van der Waals surface area contributed by atoms with E-state index in [1.165, 1.54) is 0 Å². The highest BCUT2D eigenvalue weighted by molar-refractivity contribution is 9.10. The van der Waals surface area contributed by atoms with Crippen LogP contribution < -0.4 is 5.46 Å². The standard InChI is InChI=1S/C17H20BNO2.C11H8BrN/c1-16(2)17(3,4)21-18(20-16)14-10-11-19-15(12-14)13-8-6-5-7-9-13;12-10-6-7-13-11(8-10)9-4-2-1-3-5-9/h5-12H,1-4H3;1-8H. The van der Waals surface area contributed by atoms with Crippen LogP contribution in [0.1, 0.15) is 27.7 Å². The fourth-order valence-electron chi connectivity index (χ4n) is 3.51. The average Bonchev–Trinajstić information content (AvgIpc) is 3.07. The second-order valence-corrected chi connectivity index (χ2v) is 10.1. The molecule has 1 fully saturated rings. The Morgan fingerprint density at radius 2 is 1.12 bits per heavy atom. The molecule has 0 aliphatic carbocycles. The first-order valence-corrected chi connectivity index (χ1v) is 12.1. The SMILES string of the molecule is Brc1ccnc(-c2ccccc2)c1.CC1(C)OB(c2ccnc(-c3ccccc3)c2)OC1(C)C. The fraction of sp³-hybridized carbons (Fsp3) is 0.214. The molecule has 0 radical (unpaired) electrons. The Morgan fingerprint density at radius 3 is 1.62 bits per heavy atom. The van der Waals surface area contributed by atoms with Gasteiger partial charge in [-0.15, -0.1) is 0 Å². The molecule has 4 nitrogen and oxygen atoms in total. The van der Waals surface area contributed by atoms with Crippen LogP contribution in [0.5, 0.6) is 0 Å². The van der Waals surface area contributed by atoms with Gasteiger partial charge < -0.3 is 9.31 Å². The first-order chi connectivity index (χ1) is 16.2. The Balaban J connectivity index is 0.000000180. The van der Waals surface area contributed by atoms with Crippen molar-refractivity contribution in [1.82, 2.24) is 9.97 Å². The Morgan fingerprint density at radius 1 is 0.647 bits per heavy atom. The molecule has 0 bridgehead atoms. The predicted octanol–water partition coefficient (Wildman–Crippen LogP) is 6.56. The van der Waals surface area contributed by atoms with E-state index in [9.17, 15) is 0 Å². The third-order valence-electron chi connectivity index (χ3n) is 6.17. The van der Waals surface area contributed by atoms with Gasteiger partial charge in [0.2, 0.25) is 0 Å². The van der Waals surface area contributed by atoms with E-state index in [1.807, 2.05) is 66.9 Å². The summed E-state index contributed by atoms with van der Waals surface area (Å²) in [5, 5.41) is 0. The van der Waals surface area contributed by atoms with Crippen molar-refractivity contribution < 1.29 is 9.31 Å². The van der Waals surface area contributed by atoms with Crippen molar-refractivity contribution in [3.8, 4) is 22.5 Å². The molecule has 1 aliphatic heterocycles. The zero-order chi connectivity index (χ0) is 24.2. The zero-order valence-corrected chi connectivity index (χ0v) is 21.5. The van der Waals surface area contributed by atoms with Crippen molar-refractivity contribution >= 4 is 28.5 Å². The van der Waals surface area contributed by atoms with Gasteiger partial charge in [-0.05, 0) is 57.4 Å². The van der Waals surface area contributed by atoms with Gasteiger partial charge in [0, 0.05) is 28.0 Å². The topological polar surface area (TPSA) is 44.2 Å². The summed E-state index contributed by atoms with van der Waals surface area (Å²) >= 11 is 3.42. The van der Waals surface area contributed by atoms with Gasteiger partial charge in [0.05, 0.1) is 22.6 Å². The second kappa shape index (κ2) is 10.2. The third kappa shape index (κ3) is 5.64. The fourth-order valence-corrected chi connectivity index (χ4v) is 3.85. The number of rotatable bonds is 3. The van der Waals surface area contributed by atoms with E-state index in [-0.39, 0.29) is 18.3 Å². The summed E-state index contributed by atoms with van der Waals surface area (Å²) in [5.41, 5.74) is 4.52. The Bertz CT molecular complexity index is 1220. The van der Waals surface area contributed by atoms with Crippen molar-refractivity contribution in [2.24, 2.45) is 0 Å². The van der Waals surface area contributed by atoms with Crippen LogP contribution in [0.15, 0.2) is 102 Å². The van der Waals surface area contributed by atoms with E-state index >= 15 is 0 Å². The molecule has 0 unspecified atom stereocenters. The van der Waals surface area contributed by atoms with Crippen LogP contribution in [0, 0.1) is 0 Å². The maximum Gasteiger partial charge on any atom is 0.494 e. The molecule has 0 saturated carbocycles. The quantitative estimate of drug-likeness (QED) is 0.290. The number of hydrogen-bond acceptors (Lipinski definition) is 4. The smallest absolute Gasteiger partial charge is 0.399 e. The van der Waals surface area contributed by atoms with Gasteiger partial charge in [-0.1, -0.05) is 76.6 Å². The maximum atomic E-state index is 6.09. The molecule has 34 heavy (non-hydrogen) atoms. The number of nitrogens with zero attached hydrogens (tertiary/aromatic N) is 2. The van der Waals surface area contributed by atoms with Crippen LogP contribution in [-0.4, -0.2) is 28.3 Å². The van der Waals surface area contributed by atoms with E-state index in [1.54, 1.807) is 6.20 Å². The predicted molar refractivity (Wildman–Crippen MR) is 143 cm³/mol. The summed E-state index contributed by atoms with van der Waals surface area (Å²) in [6.07, 6.45) is 3.61. The lowest BCUT2D eigenvalue weighted by atomic mass is 9.79. The minimum absolute atomic E-state index is 0.326. The molecule has 0 spiro atoms. The summed E-state index contributed by atoms with van der Waals surface area (Å²) in [4.78, 5) is 8.72. The van der Waals surface area contributed by atoms with Crippen LogP contribution in [0.3, 0.4) is 0 Å². The van der Waals surface area contributed by atoms with Crippen LogP contribution in [0.2, 0.25) is 0 Å². The van der Waals surface area contributed by atoms with E-state index in [2.05, 4.69) is 77.9 Å². The molecule has 5 rings (SSSR count). The van der Waals surface area contributed by atoms with Gasteiger partial charge in [0.15, 0.2) is 0 Å². The minimum Gasteiger partial charge on any atom is -0.399 e. The van der Waals surface area contributed by atoms with Gasteiger partial charge in [-0.2, -0.15) is 0 Å². The molecule has 4 aromatic rings. The molecule has 0 N–H and O–H groups in total. The lowest BCUT2D eigenvalue weighted by molar-refractivity contribution is 0.00578. The summed E-state index contributed by atoms with van der Waals surface area (Å²) in [5.74, 6) is 0. The van der Waals surface area contributed by atoms with E-state index in [0.717, 1.165) is 32.5 Å². The zero-order valence-electron chi connectivity index (χ0n) is 19.9. The molecule has 3 heterocycles. The molecule has 0 atom stereocenters. The number of hydrogen-bond donors (Lipinski definition) is 0. The largest absolute Gasteiger partial charge is 0.494 e.